The van der Waals surface area contributed by atoms with Gasteiger partial charge < -0.3 is 24.1 Å². The lowest BCUT2D eigenvalue weighted by Gasteiger charge is -2.26. The first-order valence-electron chi connectivity index (χ1n) is 9.90. The first-order valence-corrected chi connectivity index (χ1v) is 9.90. The molecule has 0 saturated heterocycles. The molecule has 0 spiro atoms. The van der Waals surface area contributed by atoms with Crippen molar-refractivity contribution >= 4 is 12.0 Å². The monoisotopic (exact) mass is 409 g/mol. The number of rotatable bonds is 7. The predicted molar refractivity (Wildman–Crippen MR) is 113 cm³/mol. The molecule has 1 aromatic heterocycles. The van der Waals surface area contributed by atoms with Crippen molar-refractivity contribution in [2.45, 2.75) is 32.9 Å². The van der Waals surface area contributed by atoms with Gasteiger partial charge in [0, 0.05) is 18.5 Å². The van der Waals surface area contributed by atoms with E-state index in [9.17, 15) is 10.1 Å². The van der Waals surface area contributed by atoms with Crippen LogP contribution < -0.4 is 14.8 Å². The topological polar surface area (TPSA) is 85.5 Å². The molecule has 2 aromatic rings. The number of aryl methyl sites for hydroxylation is 1. The Hall–Kier alpha value is -3.24. The quantitative estimate of drug-likeness (QED) is 0.561. The second-order valence-electron chi connectivity index (χ2n) is 7.38. The molecule has 2 unspecified atom stereocenters. The third-order valence-electron chi connectivity index (χ3n) is 5.09. The summed E-state index contributed by atoms with van der Waals surface area (Å²) in [5.41, 5.74) is 2.92. The van der Waals surface area contributed by atoms with Gasteiger partial charge in [-0.15, -0.1) is 0 Å². The number of ether oxygens (including phenoxy) is 3. The van der Waals surface area contributed by atoms with Crippen molar-refractivity contribution in [2.24, 2.45) is 0 Å². The number of aromatic nitrogens is 1. The molecule has 2 atom stereocenters. The minimum absolute atomic E-state index is 0.0479. The summed E-state index contributed by atoms with van der Waals surface area (Å²) in [6.45, 7) is 7.21. The summed E-state index contributed by atoms with van der Waals surface area (Å²) in [7, 11) is 1.67. The molecule has 7 nitrogen and oxygen atoms in total. The lowest BCUT2D eigenvalue weighted by Crippen LogP contribution is -2.41. The van der Waals surface area contributed by atoms with Crippen molar-refractivity contribution < 1.29 is 19.0 Å². The third-order valence-corrected chi connectivity index (χ3v) is 5.09. The van der Waals surface area contributed by atoms with Crippen LogP contribution in [0.5, 0.6) is 11.5 Å². The van der Waals surface area contributed by atoms with Crippen molar-refractivity contribution in [3.05, 3.63) is 52.9 Å². The van der Waals surface area contributed by atoms with Gasteiger partial charge in [-0.3, -0.25) is 4.79 Å². The number of benzene rings is 1. The van der Waals surface area contributed by atoms with E-state index in [1.165, 1.54) is 0 Å². The van der Waals surface area contributed by atoms with E-state index in [-0.39, 0.29) is 24.3 Å². The fourth-order valence-corrected chi connectivity index (χ4v) is 3.71. The number of para-hydroxylation sites is 2. The van der Waals surface area contributed by atoms with Crippen LogP contribution in [0.15, 0.2) is 35.9 Å². The molecule has 0 radical (unpaired) electrons. The Labute approximate surface area is 176 Å². The first kappa shape index (κ1) is 21.5. The molecular weight excluding hydrogens is 382 g/mol. The standard InChI is InChI=1S/C23H27N3O4/c1-15-9-18(17(3)26(15)16(2)13-28-4)10-19(11-24)23(27)25-12-20-14-29-21-7-5-6-8-22(21)30-20/h5-10,16,20H,12-14H2,1-4H3,(H,25,27)/b19-10-. The number of nitrogens with one attached hydrogen (secondary N) is 1. The van der Waals surface area contributed by atoms with Crippen LogP contribution in [0.25, 0.3) is 6.08 Å². The van der Waals surface area contributed by atoms with Crippen molar-refractivity contribution in [3.8, 4) is 17.6 Å². The minimum Gasteiger partial charge on any atom is -0.486 e. The van der Waals surface area contributed by atoms with Crippen LogP contribution in [-0.2, 0) is 9.53 Å². The zero-order valence-corrected chi connectivity index (χ0v) is 17.8. The van der Waals surface area contributed by atoms with Crippen LogP contribution >= 0.6 is 0 Å². The molecule has 30 heavy (non-hydrogen) atoms. The van der Waals surface area contributed by atoms with E-state index in [0.717, 1.165) is 17.0 Å². The van der Waals surface area contributed by atoms with E-state index in [4.69, 9.17) is 14.2 Å². The Bertz CT molecular complexity index is 987. The molecule has 3 rings (SSSR count). The van der Waals surface area contributed by atoms with E-state index in [2.05, 4.69) is 16.8 Å². The van der Waals surface area contributed by atoms with Gasteiger partial charge in [0.15, 0.2) is 11.5 Å². The van der Waals surface area contributed by atoms with Gasteiger partial charge in [-0.25, -0.2) is 0 Å². The van der Waals surface area contributed by atoms with Crippen molar-refractivity contribution in [1.29, 1.82) is 5.26 Å². The van der Waals surface area contributed by atoms with Crippen LogP contribution in [0.4, 0.5) is 0 Å². The summed E-state index contributed by atoms with van der Waals surface area (Å²) in [6.07, 6.45) is 1.31. The van der Waals surface area contributed by atoms with E-state index >= 15 is 0 Å². The first-order chi connectivity index (χ1) is 14.4. The SMILES string of the molecule is COCC(C)n1c(C)cc(/C=C(/C#N)C(=O)NCC2COc3ccccc3O2)c1C. The van der Waals surface area contributed by atoms with Gasteiger partial charge in [-0.2, -0.15) is 5.26 Å². The Kier molecular flexibility index (Phi) is 6.80. The van der Waals surface area contributed by atoms with Gasteiger partial charge in [0.1, 0.15) is 24.4 Å². The molecule has 0 saturated carbocycles. The van der Waals surface area contributed by atoms with E-state index in [1.54, 1.807) is 13.2 Å². The summed E-state index contributed by atoms with van der Waals surface area (Å²) in [6, 6.07) is 11.5. The lowest BCUT2D eigenvalue weighted by atomic mass is 10.1. The number of nitrogens with zero attached hydrogens (tertiary/aromatic N) is 2. The Morgan fingerprint density at radius 3 is 2.83 bits per heavy atom. The molecule has 0 fully saturated rings. The highest BCUT2D eigenvalue weighted by molar-refractivity contribution is 6.01. The van der Waals surface area contributed by atoms with E-state index in [1.807, 2.05) is 50.2 Å². The van der Waals surface area contributed by atoms with Crippen LogP contribution in [0.2, 0.25) is 0 Å². The highest BCUT2D eigenvalue weighted by atomic mass is 16.6. The molecular formula is C23H27N3O4. The van der Waals surface area contributed by atoms with Crippen molar-refractivity contribution in [1.82, 2.24) is 9.88 Å². The zero-order valence-electron chi connectivity index (χ0n) is 17.8. The largest absolute Gasteiger partial charge is 0.486 e. The smallest absolute Gasteiger partial charge is 0.262 e. The molecule has 2 heterocycles. The van der Waals surface area contributed by atoms with Gasteiger partial charge in [0.05, 0.1) is 19.2 Å². The second-order valence-corrected chi connectivity index (χ2v) is 7.38. The van der Waals surface area contributed by atoms with E-state index in [0.29, 0.717) is 24.7 Å². The Balaban J connectivity index is 1.68. The average Bonchev–Trinajstić information content (AvgIpc) is 3.03. The summed E-state index contributed by atoms with van der Waals surface area (Å²) in [4.78, 5) is 12.6. The maximum atomic E-state index is 12.6. The van der Waals surface area contributed by atoms with Gasteiger partial charge in [-0.05, 0) is 50.6 Å². The maximum Gasteiger partial charge on any atom is 0.262 e. The van der Waals surface area contributed by atoms with Crippen LogP contribution in [0.1, 0.15) is 29.9 Å². The third kappa shape index (κ3) is 4.66. The minimum atomic E-state index is -0.435. The average molecular weight is 409 g/mol. The molecule has 0 aliphatic carbocycles. The molecule has 7 heteroatoms. The molecule has 1 aliphatic rings. The second kappa shape index (κ2) is 9.51. The fourth-order valence-electron chi connectivity index (χ4n) is 3.71. The number of nitriles is 1. The Morgan fingerprint density at radius 2 is 2.13 bits per heavy atom. The van der Waals surface area contributed by atoms with Gasteiger partial charge in [-0.1, -0.05) is 12.1 Å². The van der Waals surface area contributed by atoms with Crippen molar-refractivity contribution in [2.75, 3.05) is 26.9 Å². The van der Waals surface area contributed by atoms with Crippen LogP contribution in [-0.4, -0.2) is 43.4 Å². The zero-order chi connectivity index (χ0) is 21.7. The maximum absolute atomic E-state index is 12.6. The molecule has 1 amide bonds. The normalized spacial score (nSPS) is 16.6. The molecule has 158 valence electrons. The van der Waals surface area contributed by atoms with Crippen LogP contribution in [0.3, 0.4) is 0 Å². The molecule has 0 bridgehead atoms. The Morgan fingerprint density at radius 1 is 1.40 bits per heavy atom. The number of carbonyl (C=O) groups is 1. The number of carbonyl (C=O) groups excluding carboxylic acids is 1. The number of methoxy groups -OCH3 is 1. The molecule has 1 aromatic carbocycles. The van der Waals surface area contributed by atoms with Crippen LogP contribution in [0, 0.1) is 25.2 Å². The summed E-state index contributed by atoms with van der Waals surface area (Å²) < 4.78 is 18.9. The number of hydrogen-bond acceptors (Lipinski definition) is 5. The predicted octanol–water partition coefficient (Wildman–Crippen LogP) is 3.18. The highest BCUT2D eigenvalue weighted by Crippen LogP contribution is 2.30. The molecule has 1 N–H and O–H groups in total. The van der Waals surface area contributed by atoms with Gasteiger partial charge in [0.25, 0.3) is 5.91 Å². The lowest BCUT2D eigenvalue weighted by molar-refractivity contribution is -0.117. The van der Waals surface area contributed by atoms with Crippen molar-refractivity contribution in [3.63, 3.8) is 0 Å². The summed E-state index contributed by atoms with van der Waals surface area (Å²) >= 11 is 0. The summed E-state index contributed by atoms with van der Waals surface area (Å²) in [5.74, 6) is 0.905. The van der Waals surface area contributed by atoms with Gasteiger partial charge >= 0.3 is 0 Å². The number of fused-ring (bicyclic) bond motifs is 1. The summed E-state index contributed by atoms with van der Waals surface area (Å²) in [5, 5.41) is 12.3. The number of amides is 1. The molecule has 1 aliphatic heterocycles. The number of hydrogen-bond donors (Lipinski definition) is 1. The highest BCUT2D eigenvalue weighted by Gasteiger charge is 2.22. The fraction of sp³-hybridized carbons (Fsp3) is 0.391. The van der Waals surface area contributed by atoms with E-state index < -0.39 is 5.91 Å². The van der Waals surface area contributed by atoms with Gasteiger partial charge in [0.2, 0.25) is 0 Å².